The van der Waals surface area contributed by atoms with E-state index < -0.39 is 18.0 Å². The molecule has 1 atom stereocenters. The maximum absolute atomic E-state index is 11.3. The Morgan fingerprint density at radius 2 is 2.06 bits per heavy atom. The zero-order valence-electron chi connectivity index (χ0n) is 10.5. The number of rotatable bonds is 9. The van der Waals surface area contributed by atoms with Crippen LogP contribution in [0.1, 0.15) is 32.6 Å². The third-order valence-electron chi connectivity index (χ3n) is 2.24. The van der Waals surface area contributed by atoms with Crippen LogP contribution in [0.2, 0.25) is 0 Å². The van der Waals surface area contributed by atoms with Crippen molar-refractivity contribution in [3.05, 3.63) is 0 Å². The number of carbonyl (C=O) groups excluding carboxylic acids is 1. The van der Waals surface area contributed by atoms with Crippen LogP contribution < -0.4 is 10.6 Å². The van der Waals surface area contributed by atoms with Crippen molar-refractivity contribution in [2.24, 2.45) is 0 Å². The molecule has 6 nitrogen and oxygen atoms in total. The summed E-state index contributed by atoms with van der Waals surface area (Å²) >= 11 is 0. The molecule has 0 bridgehead atoms. The summed E-state index contributed by atoms with van der Waals surface area (Å²) in [5, 5.41) is 13.9. The molecule has 6 heteroatoms. The summed E-state index contributed by atoms with van der Waals surface area (Å²) in [6, 6.07) is -1.23. The normalized spacial score (nSPS) is 11.9. The summed E-state index contributed by atoms with van der Waals surface area (Å²) in [5.74, 6) is -0.999. The van der Waals surface area contributed by atoms with Gasteiger partial charge in [-0.3, -0.25) is 0 Å². The number of hydrogen-bond donors (Lipinski definition) is 3. The molecule has 0 fully saturated rings. The molecule has 0 aliphatic heterocycles. The molecule has 0 rings (SSSR count). The van der Waals surface area contributed by atoms with Crippen LogP contribution in [-0.4, -0.2) is 43.4 Å². The van der Waals surface area contributed by atoms with Crippen LogP contribution in [0.5, 0.6) is 0 Å². The van der Waals surface area contributed by atoms with Gasteiger partial charge in [0.15, 0.2) is 0 Å². The van der Waals surface area contributed by atoms with Crippen molar-refractivity contribution in [1.29, 1.82) is 0 Å². The largest absolute Gasteiger partial charge is 0.480 e. The Bertz CT molecular complexity index is 234. The average molecular weight is 246 g/mol. The van der Waals surface area contributed by atoms with Crippen LogP contribution in [0.3, 0.4) is 0 Å². The van der Waals surface area contributed by atoms with Gasteiger partial charge < -0.3 is 20.5 Å². The van der Waals surface area contributed by atoms with Gasteiger partial charge >= 0.3 is 12.0 Å². The van der Waals surface area contributed by atoms with Gasteiger partial charge in [0.2, 0.25) is 0 Å². The average Bonchev–Trinajstić information content (AvgIpc) is 2.28. The second kappa shape index (κ2) is 9.89. The molecule has 0 aliphatic rings. The third kappa shape index (κ3) is 8.50. The Morgan fingerprint density at radius 1 is 1.35 bits per heavy atom. The van der Waals surface area contributed by atoms with Gasteiger partial charge in [-0.15, -0.1) is 0 Å². The Labute approximate surface area is 102 Å². The molecule has 0 unspecified atom stereocenters. The van der Waals surface area contributed by atoms with Crippen LogP contribution in [0.4, 0.5) is 4.79 Å². The quantitative estimate of drug-likeness (QED) is 0.529. The number of carboxylic acids is 1. The van der Waals surface area contributed by atoms with Gasteiger partial charge in [-0.1, -0.05) is 13.3 Å². The van der Waals surface area contributed by atoms with Crippen molar-refractivity contribution in [1.82, 2.24) is 10.6 Å². The molecule has 0 aromatic carbocycles. The fourth-order valence-electron chi connectivity index (χ4n) is 1.33. The van der Waals surface area contributed by atoms with E-state index in [4.69, 9.17) is 9.84 Å². The number of hydrogen-bond acceptors (Lipinski definition) is 3. The lowest BCUT2D eigenvalue weighted by atomic mass is 10.2. The van der Waals surface area contributed by atoms with E-state index in [1.807, 2.05) is 6.92 Å². The maximum Gasteiger partial charge on any atom is 0.326 e. The van der Waals surface area contributed by atoms with Gasteiger partial charge in [-0.25, -0.2) is 9.59 Å². The number of ether oxygens (including phenoxy) is 1. The molecule has 0 heterocycles. The van der Waals surface area contributed by atoms with E-state index in [0.717, 1.165) is 12.8 Å². The number of urea groups is 1. The van der Waals surface area contributed by atoms with Crippen LogP contribution in [0.25, 0.3) is 0 Å². The monoisotopic (exact) mass is 246 g/mol. The van der Waals surface area contributed by atoms with E-state index in [1.54, 1.807) is 7.11 Å². The second-order valence-corrected chi connectivity index (χ2v) is 3.78. The molecule has 0 aliphatic carbocycles. The van der Waals surface area contributed by atoms with Crippen molar-refractivity contribution in [3.8, 4) is 0 Å². The number of carbonyl (C=O) groups is 2. The third-order valence-corrected chi connectivity index (χ3v) is 2.24. The lowest BCUT2D eigenvalue weighted by Crippen LogP contribution is -2.46. The first kappa shape index (κ1) is 15.7. The minimum atomic E-state index is -0.999. The Morgan fingerprint density at radius 3 is 2.59 bits per heavy atom. The van der Waals surface area contributed by atoms with Crippen molar-refractivity contribution < 1.29 is 19.4 Å². The van der Waals surface area contributed by atoms with E-state index in [0.29, 0.717) is 26.0 Å². The molecular formula is C11H22N2O4. The number of carboxylic acid groups (broad SMARTS) is 1. The summed E-state index contributed by atoms with van der Waals surface area (Å²) in [5.41, 5.74) is 0. The number of methoxy groups -OCH3 is 1. The molecule has 17 heavy (non-hydrogen) atoms. The van der Waals surface area contributed by atoms with Crippen molar-refractivity contribution in [2.45, 2.75) is 38.6 Å². The molecule has 100 valence electrons. The van der Waals surface area contributed by atoms with Crippen molar-refractivity contribution >= 4 is 12.0 Å². The predicted octanol–water partition coefficient (Wildman–Crippen LogP) is 0.966. The lowest BCUT2D eigenvalue weighted by Gasteiger charge is -2.14. The number of unbranched alkanes of at least 4 members (excludes halogenated alkanes) is 1. The van der Waals surface area contributed by atoms with E-state index in [2.05, 4.69) is 10.6 Å². The van der Waals surface area contributed by atoms with Gasteiger partial charge in [0.1, 0.15) is 6.04 Å². The van der Waals surface area contributed by atoms with E-state index in [-0.39, 0.29) is 0 Å². The standard InChI is InChI=1S/C11H22N2O4/c1-3-6-9(10(14)15)13-11(16)12-7-4-5-8-17-2/h9H,3-8H2,1-2H3,(H,14,15)(H2,12,13,16)/t9-/m1/s1. The van der Waals surface area contributed by atoms with Crippen molar-refractivity contribution in [2.75, 3.05) is 20.3 Å². The van der Waals surface area contributed by atoms with Crippen LogP contribution in [0, 0.1) is 0 Å². The first-order valence-corrected chi connectivity index (χ1v) is 5.88. The molecule has 0 saturated heterocycles. The Balaban J connectivity index is 3.71. The van der Waals surface area contributed by atoms with Gasteiger partial charge in [-0.2, -0.15) is 0 Å². The molecule has 0 spiro atoms. The van der Waals surface area contributed by atoms with Gasteiger partial charge in [0.25, 0.3) is 0 Å². The number of amides is 2. The Hall–Kier alpha value is -1.30. The fourth-order valence-corrected chi connectivity index (χ4v) is 1.33. The number of nitrogens with one attached hydrogen (secondary N) is 2. The summed E-state index contributed by atoms with van der Waals surface area (Å²) in [6.07, 6.45) is 2.83. The lowest BCUT2D eigenvalue weighted by molar-refractivity contribution is -0.139. The fraction of sp³-hybridized carbons (Fsp3) is 0.818. The highest BCUT2D eigenvalue weighted by molar-refractivity contribution is 5.82. The zero-order chi connectivity index (χ0) is 13.1. The highest BCUT2D eigenvalue weighted by Crippen LogP contribution is 1.96. The van der Waals surface area contributed by atoms with Crippen molar-refractivity contribution in [3.63, 3.8) is 0 Å². The highest BCUT2D eigenvalue weighted by atomic mass is 16.5. The van der Waals surface area contributed by atoms with E-state index >= 15 is 0 Å². The van der Waals surface area contributed by atoms with Gasteiger partial charge in [0.05, 0.1) is 0 Å². The SMILES string of the molecule is CCC[C@@H](NC(=O)NCCCCOC)C(=O)O. The topological polar surface area (TPSA) is 87.7 Å². The molecule has 0 aromatic rings. The Kier molecular flexibility index (Phi) is 9.14. The van der Waals surface area contributed by atoms with E-state index in [1.165, 1.54) is 0 Å². The predicted molar refractivity (Wildman–Crippen MR) is 64.0 cm³/mol. The van der Waals surface area contributed by atoms with E-state index in [9.17, 15) is 9.59 Å². The summed E-state index contributed by atoms with van der Waals surface area (Å²) in [4.78, 5) is 22.1. The highest BCUT2D eigenvalue weighted by Gasteiger charge is 2.17. The molecule has 0 radical (unpaired) electrons. The van der Waals surface area contributed by atoms with Crippen LogP contribution >= 0.6 is 0 Å². The maximum atomic E-state index is 11.3. The van der Waals surface area contributed by atoms with Gasteiger partial charge in [-0.05, 0) is 19.3 Å². The zero-order valence-corrected chi connectivity index (χ0v) is 10.5. The van der Waals surface area contributed by atoms with Crippen LogP contribution in [0.15, 0.2) is 0 Å². The van der Waals surface area contributed by atoms with Gasteiger partial charge in [0, 0.05) is 20.3 Å². The molecule has 3 N–H and O–H groups in total. The first-order chi connectivity index (χ1) is 8.11. The summed E-state index contributed by atoms with van der Waals surface area (Å²) < 4.78 is 4.87. The molecule has 2 amide bonds. The summed E-state index contributed by atoms with van der Waals surface area (Å²) in [7, 11) is 1.63. The molecule has 0 aromatic heterocycles. The first-order valence-electron chi connectivity index (χ1n) is 5.88. The minimum absolute atomic E-state index is 0.428. The summed E-state index contributed by atoms with van der Waals surface area (Å²) in [6.45, 7) is 3.06. The molecule has 0 saturated carbocycles. The minimum Gasteiger partial charge on any atom is -0.480 e. The number of aliphatic carboxylic acids is 1. The van der Waals surface area contributed by atoms with Crippen LogP contribution in [-0.2, 0) is 9.53 Å². The molecular weight excluding hydrogens is 224 g/mol. The smallest absolute Gasteiger partial charge is 0.326 e. The second-order valence-electron chi connectivity index (χ2n) is 3.78.